The van der Waals surface area contributed by atoms with Gasteiger partial charge in [-0.15, -0.1) is 0 Å². The van der Waals surface area contributed by atoms with Gasteiger partial charge in [0.25, 0.3) is 0 Å². The fourth-order valence-electron chi connectivity index (χ4n) is 4.06. The molecule has 2 saturated carbocycles. The van der Waals surface area contributed by atoms with Crippen molar-refractivity contribution in [1.29, 1.82) is 0 Å². The normalized spacial score (nSPS) is 37.7. The molecule has 0 N–H and O–H groups in total. The van der Waals surface area contributed by atoms with E-state index >= 15 is 0 Å². The number of rotatable bonds is 5. The zero-order valence-corrected chi connectivity index (χ0v) is 12.5. The summed E-state index contributed by atoms with van der Waals surface area (Å²) in [4.78, 5) is 0. The van der Waals surface area contributed by atoms with Gasteiger partial charge in [0.15, 0.2) is 0 Å². The lowest BCUT2D eigenvalue weighted by atomic mass is 9.76. The molecule has 1 heteroatoms. The van der Waals surface area contributed by atoms with Crippen molar-refractivity contribution in [1.82, 2.24) is 0 Å². The summed E-state index contributed by atoms with van der Waals surface area (Å²) >= 11 is 0. The van der Waals surface area contributed by atoms with Crippen LogP contribution in [0.5, 0.6) is 0 Å². The Bertz CT molecular complexity index is 186. The smallest absolute Gasteiger partial charge is 0.0571 e. The minimum atomic E-state index is 0.571. The number of ether oxygens (including phenoxy) is 1. The molecule has 2 aliphatic rings. The van der Waals surface area contributed by atoms with Gasteiger partial charge in [0.05, 0.1) is 6.10 Å². The van der Waals surface area contributed by atoms with Crippen LogP contribution >= 0.6 is 0 Å². The van der Waals surface area contributed by atoms with E-state index in [1.807, 2.05) is 7.11 Å². The molecule has 18 heavy (non-hydrogen) atoms. The van der Waals surface area contributed by atoms with E-state index in [1.54, 1.807) is 0 Å². The van der Waals surface area contributed by atoms with Gasteiger partial charge in [0.1, 0.15) is 0 Å². The maximum Gasteiger partial charge on any atom is 0.0571 e. The average Bonchev–Trinajstić information content (AvgIpc) is 2.46. The van der Waals surface area contributed by atoms with E-state index in [2.05, 4.69) is 6.92 Å². The lowest BCUT2D eigenvalue weighted by Gasteiger charge is -2.31. The highest BCUT2D eigenvalue weighted by atomic mass is 16.5. The van der Waals surface area contributed by atoms with Gasteiger partial charge in [-0.25, -0.2) is 0 Å². The molecule has 0 unspecified atom stereocenters. The minimum Gasteiger partial charge on any atom is -0.381 e. The fourth-order valence-corrected chi connectivity index (χ4v) is 4.06. The number of hydrogen-bond acceptors (Lipinski definition) is 1. The molecule has 0 aliphatic heterocycles. The van der Waals surface area contributed by atoms with Gasteiger partial charge in [-0.1, -0.05) is 51.9 Å². The molecule has 0 atom stereocenters. The van der Waals surface area contributed by atoms with Gasteiger partial charge in [0.2, 0.25) is 0 Å². The first kappa shape index (κ1) is 14.4. The minimum absolute atomic E-state index is 0.571. The van der Waals surface area contributed by atoms with Crippen LogP contribution in [0, 0.1) is 17.8 Å². The molecule has 0 amide bonds. The highest BCUT2D eigenvalue weighted by Crippen LogP contribution is 2.36. The van der Waals surface area contributed by atoms with Crippen molar-refractivity contribution in [2.45, 2.75) is 83.7 Å². The molecule has 0 heterocycles. The highest BCUT2D eigenvalue weighted by molar-refractivity contribution is 4.76. The largest absolute Gasteiger partial charge is 0.381 e. The predicted molar refractivity (Wildman–Crippen MR) is 77.7 cm³/mol. The standard InChI is InChI=1S/C17H32O/c1-3-14-4-6-15(7-5-14)8-9-16-10-12-17(18-2)13-11-16/h14-17H,3-13H2,1-2H3. The molecule has 106 valence electrons. The van der Waals surface area contributed by atoms with E-state index in [1.165, 1.54) is 70.6 Å². The molecule has 2 rings (SSSR count). The van der Waals surface area contributed by atoms with Crippen molar-refractivity contribution in [3.63, 3.8) is 0 Å². The van der Waals surface area contributed by atoms with Gasteiger partial charge in [0, 0.05) is 7.11 Å². The molecule has 2 aliphatic carbocycles. The third-order valence-corrected chi connectivity index (χ3v) is 5.65. The topological polar surface area (TPSA) is 9.23 Å². The van der Waals surface area contributed by atoms with Gasteiger partial charge in [-0.05, 0) is 43.4 Å². The summed E-state index contributed by atoms with van der Waals surface area (Å²) in [5.74, 6) is 3.13. The molecule has 1 nitrogen and oxygen atoms in total. The first-order valence-corrected chi connectivity index (χ1v) is 8.34. The summed E-state index contributed by atoms with van der Waals surface area (Å²) in [6.45, 7) is 2.36. The van der Waals surface area contributed by atoms with Crippen molar-refractivity contribution in [2.24, 2.45) is 17.8 Å². The summed E-state index contributed by atoms with van der Waals surface area (Å²) in [7, 11) is 1.87. The average molecular weight is 252 g/mol. The Morgan fingerprint density at radius 2 is 1.17 bits per heavy atom. The predicted octanol–water partition coefficient (Wildman–Crippen LogP) is 5.19. The number of methoxy groups -OCH3 is 1. The van der Waals surface area contributed by atoms with Crippen LogP contribution < -0.4 is 0 Å². The number of hydrogen-bond donors (Lipinski definition) is 0. The molecule has 0 bridgehead atoms. The molecular weight excluding hydrogens is 220 g/mol. The molecular formula is C17H32O. The fraction of sp³-hybridized carbons (Fsp3) is 1.00. The molecule has 0 aromatic rings. The Labute approximate surface area is 114 Å². The first-order chi connectivity index (χ1) is 8.81. The SMILES string of the molecule is CCC1CCC(CCC2CCC(OC)CC2)CC1. The Morgan fingerprint density at radius 1 is 0.722 bits per heavy atom. The Balaban J connectivity index is 1.58. The molecule has 0 spiro atoms. The van der Waals surface area contributed by atoms with Crippen LogP contribution in [-0.2, 0) is 4.74 Å². The van der Waals surface area contributed by atoms with Crippen LogP contribution in [0.4, 0.5) is 0 Å². The molecule has 0 aromatic carbocycles. The second-order valence-electron chi connectivity index (χ2n) is 6.75. The third-order valence-electron chi connectivity index (χ3n) is 5.65. The van der Waals surface area contributed by atoms with Crippen LogP contribution in [0.15, 0.2) is 0 Å². The first-order valence-electron chi connectivity index (χ1n) is 8.34. The quantitative estimate of drug-likeness (QED) is 0.654. The summed E-state index contributed by atoms with van der Waals surface area (Å²) in [5.41, 5.74) is 0. The van der Waals surface area contributed by atoms with Crippen LogP contribution in [0.1, 0.15) is 77.6 Å². The second-order valence-corrected chi connectivity index (χ2v) is 6.75. The zero-order valence-electron chi connectivity index (χ0n) is 12.5. The van der Waals surface area contributed by atoms with Gasteiger partial charge >= 0.3 is 0 Å². The molecule has 2 fully saturated rings. The lowest BCUT2D eigenvalue weighted by molar-refractivity contribution is 0.0540. The van der Waals surface area contributed by atoms with Crippen LogP contribution in [-0.4, -0.2) is 13.2 Å². The van der Waals surface area contributed by atoms with Crippen LogP contribution in [0.3, 0.4) is 0 Å². The summed E-state index contributed by atoms with van der Waals surface area (Å²) in [6.07, 6.45) is 16.5. The van der Waals surface area contributed by atoms with E-state index in [0.717, 1.165) is 17.8 Å². The third kappa shape index (κ3) is 4.26. The van der Waals surface area contributed by atoms with Crippen molar-refractivity contribution < 1.29 is 4.74 Å². The van der Waals surface area contributed by atoms with Crippen molar-refractivity contribution in [2.75, 3.05) is 7.11 Å². The summed E-state index contributed by atoms with van der Waals surface area (Å²) in [6, 6.07) is 0. The van der Waals surface area contributed by atoms with E-state index in [9.17, 15) is 0 Å². The summed E-state index contributed by atoms with van der Waals surface area (Å²) in [5, 5.41) is 0. The van der Waals surface area contributed by atoms with Gasteiger partial charge in [-0.2, -0.15) is 0 Å². The Hall–Kier alpha value is -0.0400. The van der Waals surface area contributed by atoms with E-state index in [0.29, 0.717) is 6.10 Å². The van der Waals surface area contributed by atoms with Crippen LogP contribution in [0.25, 0.3) is 0 Å². The second kappa shape index (κ2) is 7.53. The van der Waals surface area contributed by atoms with E-state index in [-0.39, 0.29) is 0 Å². The molecule has 0 aromatic heterocycles. The van der Waals surface area contributed by atoms with Crippen molar-refractivity contribution in [3.05, 3.63) is 0 Å². The van der Waals surface area contributed by atoms with E-state index < -0.39 is 0 Å². The van der Waals surface area contributed by atoms with Crippen molar-refractivity contribution in [3.8, 4) is 0 Å². The van der Waals surface area contributed by atoms with Gasteiger partial charge < -0.3 is 4.74 Å². The maximum absolute atomic E-state index is 5.46. The van der Waals surface area contributed by atoms with Crippen LogP contribution in [0.2, 0.25) is 0 Å². The monoisotopic (exact) mass is 252 g/mol. The van der Waals surface area contributed by atoms with E-state index in [4.69, 9.17) is 4.74 Å². The molecule has 0 radical (unpaired) electrons. The Morgan fingerprint density at radius 3 is 1.61 bits per heavy atom. The van der Waals surface area contributed by atoms with Gasteiger partial charge in [-0.3, -0.25) is 0 Å². The lowest BCUT2D eigenvalue weighted by Crippen LogP contribution is -2.21. The maximum atomic E-state index is 5.46. The summed E-state index contributed by atoms with van der Waals surface area (Å²) < 4.78 is 5.46. The Kier molecular flexibility index (Phi) is 6.01. The highest BCUT2D eigenvalue weighted by Gasteiger charge is 2.24. The molecule has 0 saturated heterocycles. The van der Waals surface area contributed by atoms with Crippen molar-refractivity contribution >= 4 is 0 Å². The zero-order chi connectivity index (χ0) is 12.8.